The molecule has 1 saturated heterocycles. The summed E-state index contributed by atoms with van der Waals surface area (Å²) in [5, 5.41) is 6.63. The SMILES string of the molecule is COC(=O)N1CC2Cc3nc(NC(=O)OC(C)(C)C)sc3C(C1)N2c1nc(C2(C(F)(F)F)CC2)no1. The number of amides is 2. The zero-order valence-electron chi connectivity index (χ0n) is 20.0. The Kier molecular flexibility index (Phi) is 5.61. The predicted octanol–water partition coefficient (Wildman–Crippen LogP) is 4.02. The van der Waals surface area contributed by atoms with Gasteiger partial charge in [0.15, 0.2) is 11.0 Å². The number of hydrogen-bond donors (Lipinski definition) is 1. The van der Waals surface area contributed by atoms with Crippen molar-refractivity contribution in [3.05, 3.63) is 16.4 Å². The van der Waals surface area contributed by atoms with Crippen LogP contribution < -0.4 is 10.2 Å². The van der Waals surface area contributed by atoms with Gasteiger partial charge in [0.25, 0.3) is 0 Å². The van der Waals surface area contributed by atoms with Crippen molar-refractivity contribution < 1.29 is 36.8 Å². The Morgan fingerprint density at radius 2 is 1.92 bits per heavy atom. The van der Waals surface area contributed by atoms with E-state index in [0.29, 0.717) is 11.6 Å². The molecule has 5 rings (SSSR count). The van der Waals surface area contributed by atoms with E-state index in [-0.39, 0.29) is 37.8 Å². The van der Waals surface area contributed by atoms with E-state index in [9.17, 15) is 22.8 Å². The average molecular weight is 531 g/mol. The maximum Gasteiger partial charge on any atom is 0.413 e. The van der Waals surface area contributed by atoms with E-state index in [1.807, 2.05) is 0 Å². The number of thiazole rings is 1. The minimum atomic E-state index is -4.47. The van der Waals surface area contributed by atoms with Gasteiger partial charge < -0.3 is 23.8 Å². The Balaban J connectivity index is 1.46. The van der Waals surface area contributed by atoms with Crippen molar-refractivity contribution in [1.29, 1.82) is 0 Å². The third kappa shape index (κ3) is 4.22. The summed E-state index contributed by atoms with van der Waals surface area (Å²) in [7, 11) is 1.28. The van der Waals surface area contributed by atoms with Gasteiger partial charge in [-0.3, -0.25) is 5.32 Å². The van der Waals surface area contributed by atoms with Gasteiger partial charge in [0, 0.05) is 19.5 Å². The van der Waals surface area contributed by atoms with Crippen LogP contribution in [0.4, 0.5) is 33.9 Å². The first-order valence-electron chi connectivity index (χ1n) is 11.3. The number of alkyl halides is 3. The first-order chi connectivity index (χ1) is 16.8. The lowest BCUT2D eigenvalue weighted by Gasteiger charge is -2.47. The second kappa shape index (κ2) is 8.21. The van der Waals surface area contributed by atoms with Gasteiger partial charge >= 0.3 is 24.4 Å². The molecule has 11 nitrogen and oxygen atoms in total. The molecule has 2 aliphatic heterocycles. The lowest BCUT2D eigenvalue weighted by molar-refractivity contribution is -0.162. The first-order valence-corrected chi connectivity index (χ1v) is 12.1. The molecule has 2 unspecified atom stereocenters. The van der Waals surface area contributed by atoms with E-state index >= 15 is 0 Å². The molecular weight excluding hydrogens is 505 g/mol. The number of aromatic nitrogens is 3. The highest BCUT2D eigenvalue weighted by Crippen LogP contribution is 2.58. The summed E-state index contributed by atoms with van der Waals surface area (Å²) in [5.74, 6) is -0.379. The molecule has 0 radical (unpaired) electrons. The molecule has 1 N–H and O–H groups in total. The van der Waals surface area contributed by atoms with E-state index in [2.05, 4.69) is 20.4 Å². The fourth-order valence-corrected chi connectivity index (χ4v) is 5.69. The molecular formula is C21H25F3N6O5S. The molecule has 2 amide bonds. The molecule has 3 aliphatic rings. The summed E-state index contributed by atoms with van der Waals surface area (Å²) in [6, 6.07) is -0.977. The number of ether oxygens (including phenoxy) is 2. The van der Waals surface area contributed by atoms with E-state index in [4.69, 9.17) is 14.0 Å². The highest BCUT2D eigenvalue weighted by molar-refractivity contribution is 7.16. The third-order valence-corrected chi connectivity index (χ3v) is 7.52. The quantitative estimate of drug-likeness (QED) is 0.627. The molecule has 2 atom stereocenters. The zero-order chi connectivity index (χ0) is 26.0. The van der Waals surface area contributed by atoms with Gasteiger partial charge in [-0.2, -0.15) is 18.2 Å². The lowest BCUT2D eigenvalue weighted by Crippen LogP contribution is -2.59. The largest absolute Gasteiger partial charge is 0.453 e. The van der Waals surface area contributed by atoms with E-state index in [1.54, 1.807) is 25.7 Å². The minimum absolute atomic E-state index is 0.0410. The molecule has 4 heterocycles. The monoisotopic (exact) mass is 530 g/mol. The molecule has 196 valence electrons. The highest BCUT2D eigenvalue weighted by atomic mass is 32.1. The maximum atomic E-state index is 13.6. The number of piperazine rings is 1. The van der Waals surface area contributed by atoms with Crippen LogP contribution in [0.25, 0.3) is 0 Å². The molecule has 2 aromatic rings. The Hall–Kier alpha value is -3.10. The number of methoxy groups -OCH3 is 1. The normalized spacial score (nSPS) is 22.6. The van der Waals surface area contributed by atoms with Crippen LogP contribution in [-0.4, -0.2) is 70.2 Å². The number of carbonyl (C=O) groups excluding carboxylic acids is 2. The molecule has 36 heavy (non-hydrogen) atoms. The molecule has 1 saturated carbocycles. The van der Waals surface area contributed by atoms with Crippen LogP contribution in [0.5, 0.6) is 0 Å². The fraction of sp³-hybridized carbons (Fsp3) is 0.667. The fourth-order valence-electron chi connectivity index (χ4n) is 4.62. The topological polar surface area (TPSA) is 123 Å². The van der Waals surface area contributed by atoms with Crippen molar-refractivity contribution in [3.63, 3.8) is 0 Å². The molecule has 15 heteroatoms. The second-order valence-corrected chi connectivity index (χ2v) is 11.1. The van der Waals surface area contributed by atoms with Gasteiger partial charge in [0.2, 0.25) is 0 Å². The van der Waals surface area contributed by atoms with Crippen LogP contribution in [-0.2, 0) is 21.3 Å². The molecule has 0 aromatic carbocycles. The molecule has 2 fully saturated rings. The van der Waals surface area contributed by atoms with Gasteiger partial charge in [-0.15, -0.1) is 0 Å². The maximum absolute atomic E-state index is 13.6. The van der Waals surface area contributed by atoms with Crippen molar-refractivity contribution >= 4 is 34.7 Å². The summed E-state index contributed by atoms with van der Waals surface area (Å²) in [5.41, 5.74) is -2.05. The van der Waals surface area contributed by atoms with E-state index in [0.717, 1.165) is 10.6 Å². The van der Waals surface area contributed by atoms with Gasteiger partial charge in [-0.25, -0.2) is 14.6 Å². The zero-order valence-corrected chi connectivity index (χ0v) is 20.8. The summed E-state index contributed by atoms with van der Waals surface area (Å²) >= 11 is 1.19. The Morgan fingerprint density at radius 1 is 1.19 bits per heavy atom. The number of carbonyl (C=O) groups is 2. The number of nitrogens with one attached hydrogen (secondary N) is 1. The van der Waals surface area contributed by atoms with Crippen molar-refractivity contribution in [2.24, 2.45) is 0 Å². The van der Waals surface area contributed by atoms with Crippen LogP contribution in [0.1, 0.15) is 56.1 Å². The van der Waals surface area contributed by atoms with Crippen molar-refractivity contribution in [2.75, 3.05) is 30.4 Å². The Labute approximate surface area is 207 Å². The standard InChI is InChI=1S/C21H25F3N6O5S/c1-19(2,3)34-17(31)27-15-25-11-7-10-8-29(18(32)33-4)9-12(13(11)36-15)30(10)16-26-14(28-35-16)20(5-6-20)21(22,23)24/h10,12H,5-9H2,1-4H3,(H,25,27,31). The lowest BCUT2D eigenvalue weighted by atomic mass is 9.94. The van der Waals surface area contributed by atoms with Gasteiger partial charge in [0.05, 0.1) is 29.8 Å². The number of rotatable bonds is 3. The van der Waals surface area contributed by atoms with Crippen LogP contribution in [0, 0.1) is 0 Å². The van der Waals surface area contributed by atoms with E-state index < -0.39 is 41.5 Å². The third-order valence-electron chi connectivity index (χ3n) is 6.41. The van der Waals surface area contributed by atoms with Crippen LogP contribution in [0.15, 0.2) is 4.52 Å². The van der Waals surface area contributed by atoms with Crippen molar-refractivity contribution in [2.45, 2.75) is 69.3 Å². The van der Waals surface area contributed by atoms with Gasteiger partial charge in [0.1, 0.15) is 11.0 Å². The number of fused-ring (bicyclic) bond motifs is 4. The number of anilines is 2. The van der Waals surface area contributed by atoms with Gasteiger partial charge in [-0.05, 0) is 33.6 Å². The van der Waals surface area contributed by atoms with E-state index in [1.165, 1.54) is 23.3 Å². The van der Waals surface area contributed by atoms with Crippen LogP contribution >= 0.6 is 11.3 Å². The van der Waals surface area contributed by atoms with Crippen molar-refractivity contribution in [1.82, 2.24) is 20.0 Å². The van der Waals surface area contributed by atoms with Crippen molar-refractivity contribution in [3.8, 4) is 0 Å². The second-order valence-electron chi connectivity index (χ2n) is 10.1. The summed E-state index contributed by atoms with van der Waals surface area (Å²) < 4.78 is 56.3. The first kappa shape index (κ1) is 24.6. The summed E-state index contributed by atoms with van der Waals surface area (Å²) in [6.45, 7) is 5.60. The molecule has 2 aromatic heterocycles. The molecule has 2 bridgehead atoms. The number of hydrogen-bond acceptors (Lipinski definition) is 10. The Morgan fingerprint density at radius 3 is 2.53 bits per heavy atom. The summed E-state index contributed by atoms with van der Waals surface area (Å²) in [6.07, 6.45) is -5.49. The molecule has 1 aliphatic carbocycles. The number of halogens is 3. The predicted molar refractivity (Wildman–Crippen MR) is 120 cm³/mol. The highest BCUT2D eigenvalue weighted by Gasteiger charge is 2.67. The smallest absolute Gasteiger partial charge is 0.413 e. The average Bonchev–Trinajstić information content (AvgIpc) is 3.29. The number of nitrogens with zero attached hydrogens (tertiary/aromatic N) is 5. The van der Waals surface area contributed by atoms with Crippen LogP contribution in [0.2, 0.25) is 0 Å². The van der Waals surface area contributed by atoms with Crippen LogP contribution in [0.3, 0.4) is 0 Å². The molecule has 0 spiro atoms. The minimum Gasteiger partial charge on any atom is -0.453 e. The Bertz CT molecular complexity index is 1190. The summed E-state index contributed by atoms with van der Waals surface area (Å²) in [4.78, 5) is 37.3. The van der Waals surface area contributed by atoms with Gasteiger partial charge in [-0.1, -0.05) is 16.5 Å².